The van der Waals surface area contributed by atoms with E-state index < -0.39 is 0 Å². The highest BCUT2D eigenvalue weighted by Crippen LogP contribution is 2.42. The van der Waals surface area contributed by atoms with Gasteiger partial charge in [-0.2, -0.15) is 5.26 Å². The summed E-state index contributed by atoms with van der Waals surface area (Å²) in [5, 5.41) is 10.8. The van der Waals surface area contributed by atoms with Crippen molar-refractivity contribution in [2.24, 2.45) is 0 Å². The van der Waals surface area contributed by atoms with Crippen molar-refractivity contribution < 1.29 is 0 Å². The Hall–Kier alpha value is -2.49. The summed E-state index contributed by atoms with van der Waals surface area (Å²) in [6.45, 7) is 0. The van der Waals surface area contributed by atoms with Crippen LogP contribution in [0, 0.1) is 11.3 Å². The number of hydrogen-bond acceptors (Lipinski definition) is 5. The molecule has 1 aliphatic carbocycles. The van der Waals surface area contributed by atoms with Crippen LogP contribution in [0.15, 0.2) is 34.8 Å². The number of fused-ring (bicyclic) bond motifs is 4. The second-order valence-corrected chi connectivity index (χ2v) is 8.71. The molecule has 27 heavy (non-hydrogen) atoms. The number of thiophene rings is 1. The third-order valence-electron chi connectivity index (χ3n) is 5.14. The fourth-order valence-electron chi connectivity index (χ4n) is 3.83. The van der Waals surface area contributed by atoms with Gasteiger partial charge in [0.05, 0.1) is 10.2 Å². The van der Waals surface area contributed by atoms with Crippen LogP contribution < -0.4 is 5.73 Å². The molecule has 0 atom stereocenters. The first kappa shape index (κ1) is 16.7. The molecule has 0 amide bonds. The molecule has 5 rings (SSSR count). The van der Waals surface area contributed by atoms with E-state index in [-0.39, 0.29) is 5.82 Å². The average molecular weight is 435 g/mol. The number of nitriles is 1. The van der Waals surface area contributed by atoms with Gasteiger partial charge in [0.25, 0.3) is 0 Å². The van der Waals surface area contributed by atoms with Crippen molar-refractivity contribution >= 4 is 53.5 Å². The number of pyridine rings is 2. The second kappa shape index (κ2) is 6.29. The maximum atomic E-state index is 9.73. The molecule has 2 N–H and O–H groups in total. The van der Waals surface area contributed by atoms with Gasteiger partial charge in [-0.25, -0.2) is 9.97 Å². The second-order valence-electron chi connectivity index (χ2n) is 6.80. The van der Waals surface area contributed by atoms with Gasteiger partial charge in [-0.1, -0.05) is 28.1 Å². The lowest BCUT2D eigenvalue weighted by Crippen LogP contribution is -2.04. The lowest BCUT2D eigenvalue weighted by atomic mass is 9.95. The maximum absolute atomic E-state index is 9.73. The van der Waals surface area contributed by atoms with Crippen LogP contribution in [0.1, 0.15) is 29.7 Å². The number of nitrogens with two attached hydrogens (primary N) is 1. The Bertz CT molecular complexity index is 1250. The van der Waals surface area contributed by atoms with Crippen molar-refractivity contribution in [2.75, 3.05) is 5.73 Å². The summed E-state index contributed by atoms with van der Waals surface area (Å²) >= 11 is 5.08. The Labute approximate surface area is 168 Å². The van der Waals surface area contributed by atoms with E-state index in [0.29, 0.717) is 5.56 Å². The van der Waals surface area contributed by atoms with Gasteiger partial charge >= 0.3 is 0 Å². The minimum Gasteiger partial charge on any atom is -0.383 e. The van der Waals surface area contributed by atoms with Crippen LogP contribution in [0.5, 0.6) is 0 Å². The van der Waals surface area contributed by atoms with Gasteiger partial charge < -0.3 is 5.73 Å². The summed E-state index contributed by atoms with van der Waals surface area (Å²) in [7, 11) is 0. The third-order valence-corrected chi connectivity index (χ3v) is 6.78. The van der Waals surface area contributed by atoms with E-state index >= 15 is 0 Å². The fourth-order valence-corrected chi connectivity index (χ4v) is 5.29. The molecule has 4 aromatic rings. The number of rotatable bonds is 1. The van der Waals surface area contributed by atoms with E-state index in [1.54, 1.807) is 11.3 Å². The first-order chi connectivity index (χ1) is 13.2. The van der Waals surface area contributed by atoms with Crippen molar-refractivity contribution in [3.8, 4) is 17.2 Å². The van der Waals surface area contributed by atoms with E-state index in [1.165, 1.54) is 24.1 Å². The van der Waals surface area contributed by atoms with Crippen molar-refractivity contribution in [1.82, 2.24) is 9.97 Å². The van der Waals surface area contributed by atoms with Crippen LogP contribution in [0.4, 0.5) is 5.82 Å². The molecule has 6 heteroatoms. The molecule has 0 spiro atoms. The molecule has 0 saturated heterocycles. The van der Waals surface area contributed by atoms with E-state index in [2.05, 4.69) is 33.0 Å². The summed E-state index contributed by atoms with van der Waals surface area (Å²) in [4.78, 5) is 10.5. The molecular formula is C21H15BrN4S. The summed E-state index contributed by atoms with van der Waals surface area (Å²) in [6.07, 6.45) is 4.52. The smallest absolute Gasteiger partial charge is 0.142 e. The number of nitrogens with zero attached hydrogens (tertiary/aromatic N) is 3. The molecule has 1 aliphatic rings. The van der Waals surface area contributed by atoms with Crippen LogP contribution in [0.3, 0.4) is 0 Å². The van der Waals surface area contributed by atoms with E-state index in [9.17, 15) is 5.26 Å². The standard InChI is InChI=1S/C21H15BrN4S/c22-13-7-5-11(6-8-13)17-15(10-23)20(24)26-18-14-9-12-3-1-2-4-16(12)25-21(14)27-19(17)18/h5-9H,1-4H2,(H2,24,26). The lowest BCUT2D eigenvalue weighted by molar-refractivity contribution is 0.672. The topological polar surface area (TPSA) is 75.6 Å². The number of hydrogen-bond donors (Lipinski definition) is 1. The third kappa shape index (κ3) is 2.61. The molecule has 0 fully saturated rings. The van der Waals surface area contributed by atoms with Gasteiger partial charge in [0.2, 0.25) is 0 Å². The van der Waals surface area contributed by atoms with E-state index in [0.717, 1.165) is 48.9 Å². The lowest BCUT2D eigenvalue weighted by Gasteiger charge is -2.14. The molecule has 4 nitrogen and oxygen atoms in total. The van der Waals surface area contributed by atoms with Crippen LogP contribution in [-0.4, -0.2) is 9.97 Å². The van der Waals surface area contributed by atoms with Gasteiger partial charge in [-0.15, -0.1) is 11.3 Å². The van der Waals surface area contributed by atoms with Crippen molar-refractivity contribution in [3.05, 3.63) is 51.6 Å². The van der Waals surface area contributed by atoms with Gasteiger partial charge in [0, 0.05) is 21.1 Å². The quantitative estimate of drug-likeness (QED) is 0.422. The molecule has 0 unspecified atom stereocenters. The molecule has 132 valence electrons. The Balaban J connectivity index is 1.89. The first-order valence-corrected chi connectivity index (χ1v) is 10.5. The van der Waals surface area contributed by atoms with Crippen LogP contribution >= 0.6 is 27.3 Å². The van der Waals surface area contributed by atoms with Gasteiger partial charge in [-0.05, 0) is 55.0 Å². The molecular weight excluding hydrogens is 420 g/mol. The fraction of sp³-hybridized carbons (Fsp3) is 0.190. The first-order valence-electron chi connectivity index (χ1n) is 8.86. The molecule has 0 aliphatic heterocycles. The highest BCUT2D eigenvalue weighted by molar-refractivity contribution is 9.10. The number of anilines is 1. The van der Waals surface area contributed by atoms with Gasteiger partial charge in [0.1, 0.15) is 22.3 Å². The summed E-state index contributed by atoms with van der Waals surface area (Å²) in [5.74, 6) is 0.278. The van der Waals surface area contributed by atoms with Crippen LogP contribution in [0.2, 0.25) is 0 Å². The molecule has 0 bridgehead atoms. The minimum absolute atomic E-state index is 0.278. The predicted molar refractivity (Wildman–Crippen MR) is 114 cm³/mol. The summed E-state index contributed by atoms with van der Waals surface area (Å²) in [5.41, 5.74) is 11.8. The van der Waals surface area contributed by atoms with Crippen molar-refractivity contribution in [3.63, 3.8) is 0 Å². The minimum atomic E-state index is 0.278. The zero-order valence-corrected chi connectivity index (χ0v) is 16.8. The molecule has 3 aromatic heterocycles. The van der Waals surface area contributed by atoms with Crippen LogP contribution in [-0.2, 0) is 12.8 Å². The summed E-state index contributed by atoms with van der Waals surface area (Å²) < 4.78 is 1.97. The number of aryl methyl sites for hydroxylation is 2. The van der Waals surface area contributed by atoms with Gasteiger partial charge in [0.15, 0.2) is 0 Å². The zero-order valence-electron chi connectivity index (χ0n) is 14.4. The number of halogens is 1. The Morgan fingerprint density at radius 1 is 1.11 bits per heavy atom. The number of benzene rings is 1. The average Bonchev–Trinajstić information content (AvgIpc) is 3.03. The molecule has 1 aromatic carbocycles. The maximum Gasteiger partial charge on any atom is 0.142 e. The van der Waals surface area contributed by atoms with E-state index in [1.807, 2.05) is 24.3 Å². The number of aromatic nitrogens is 2. The molecule has 0 saturated carbocycles. The molecule has 0 radical (unpaired) electrons. The number of nitrogen functional groups attached to an aromatic ring is 1. The van der Waals surface area contributed by atoms with Crippen LogP contribution in [0.25, 0.3) is 31.6 Å². The monoisotopic (exact) mass is 434 g/mol. The largest absolute Gasteiger partial charge is 0.383 e. The zero-order chi connectivity index (χ0) is 18.5. The Kier molecular flexibility index (Phi) is 3.88. The van der Waals surface area contributed by atoms with Gasteiger partial charge in [-0.3, -0.25) is 0 Å². The normalized spacial score (nSPS) is 13.6. The highest BCUT2D eigenvalue weighted by Gasteiger charge is 2.21. The Morgan fingerprint density at radius 3 is 2.67 bits per heavy atom. The Morgan fingerprint density at radius 2 is 1.89 bits per heavy atom. The van der Waals surface area contributed by atoms with Crippen molar-refractivity contribution in [2.45, 2.75) is 25.7 Å². The predicted octanol–water partition coefficient (Wildman–Crippen LogP) is 5.61. The van der Waals surface area contributed by atoms with Crippen molar-refractivity contribution in [1.29, 1.82) is 5.26 Å². The highest BCUT2D eigenvalue weighted by atomic mass is 79.9. The SMILES string of the molecule is N#Cc1c(N)nc2c(sc3nc4c(cc32)CCCC4)c1-c1ccc(Br)cc1. The summed E-state index contributed by atoms with van der Waals surface area (Å²) in [6, 6.07) is 12.4. The van der Waals surface area contributed by atoms with E-state index in [4.69, 9.17) is 10.7 Å². The molecule has 3 heterocycles.